The van der Waals surface area contributed by atoms with Gasteiger partial charge in [-0.25, -0.2) is 4.79 Å². The Morgan fingerprint density at radius 1 is 1.21 bits per heavy atom. The number of rotatable bonds is 6. The van der Waals surface area contributed by atoms with Crippen molar-refractivity contribution in [1.29, 1.82) is 0 Å². The third kappa shape index (κ3) is 5.28. The Hall–Kier alpha value is -1.58. The Morgan fingerprint density at radius 2 is 1.95 bits per heavy atom. The monoisotopic (exact) mass is 261 g/mol. The van der Waals surface area contributed by atoms with E-state index in [0.29, 0.717) is 6.54 Å². The van der Waals surface area contributed by atoms with Crippen molar-refractivity contribution in [1.82, 2.24) is 15.6 Å². The largest absolute Gasteiger partial charge is 0.338 e. The molecular weight excluding hydrogens is 238 g/mol. The van der Waals surface area contributed by atoms with Crippen LogP contribution in [-0.2, 0) is 6.54 Å². The zero-order valence-corrected chi connectivity index (χ0v) is 11.4. The second-order valence-corrected chi connectivity index (χ2v) is 5.26. The number of carbonyl (C=O) groups is 1. The van der Waals surface area contributed by atoms with E-state index in [0.717, 1.165) is 24.4 Å². The number of nitrogens with zero attached hydrogens (tertiary/aromatic N) is 1. The van der Waals surface area contributed by atoms with Crippen LogP contribution in [0.4, 0.5) is 4.79 Å². The first-order chi connectivity index (χ1) is 9.34. The molecule has 2 rings (SSSR count). The summed E-state index contributed by atoms with van der Waals surface area (Å²) in [7, 11) is 0. The molecule has 0 aliphatic heterocycles. The van der Waals surface area contributed by atoms with E-state index in [1.165, 1.54) is 32.1 Å². The van der Waals surface area contributed by atoms with Crippen molar-refractivity contribution in [3.63, 3.8) is 0 Å². The summed E-state index contributed by atoms with van der Waals surface area (Å²) < 4.78 is 0. The smallest absolute Gasteiger partial charge is 0.315 e. The minimum absolute atomic E-state index is 0.0803. The van der Waals surface area contributed by atoms with Gasteiger partial charge in [0.25, 0.3) is 0 Å². The molecule has 1 aliphatic rings. The maximum Gasteiger partial charge on any atom is 0.315 e. The molecule has 0 unspecified atom stereocenters. The van der Waals surface area contributed by atoms with Crippen LogP contribution in [0.15, 0.2) is 24.5 Å². The third-order valence-corrected chi connectivity index (χ3v) is 3.75. The molecule has 4 nitrogen and oxygen atoms in total. The van der Waals surface area contributed by atoms with Gasteiger partial charge in [-0.1, -0.05) is 25.7 Å². The molecular formula is C15H23N3O. The number of urea groups is 1. The van der Waals surface area contributed by atoms with Gasteiger partial charge < -0.3 is 10.6 Å². The highest BCUT2D eigenvalue weighted by Crippen LogP contribution is 2.28. The van der Waals surface area contributed by atoms with Crippen LogP contribution in [-0.4, -0.2) is 17.6 Å². The molecule has 1 aromatic heterocycles. The standard InChI is InChI=1S/C15H23N3O/c19-15(18-12-14-7-10-16-11-8-14)17-9-3-6-13-4-1-2-5-13/h7-8,10-11,13H,1-6,9,12H2,(H2,17,18,19). The van der Waals surface area contributed by atoms with Crippen LogP contribution in [0, 0.1) is 5.92 Å². The fourth-order valence-corrected chi connectivity index (χ4v) is 2.64. The summed E-state index contributed by atoms with van der Waals surface area (Å²) >= 11 is 0. The normalized spacial score (nSPS) is 15.4. The summed E-state index contributed by atoms with van der Waals surface area (Å²) in [5.41, 5.74) is 1.07. The van der Waals surface area contributed by atoms with E-state index in [1.54, 1.807) is 12.4 Å². The molecule has 1 saturated carbocycles. The Bertz CT molecular complexity index is 374. The predicted octanol–water partition coefficient (Wildman–Crippen LogP) is 2.85. The number of aromatic nitrogens is 1. The molecule has 0 atom stereocenters. The molecule has 1 aliphatic carbocycles. The number of pyridine rings is 1. The third-order valence-electron chi connectivity index (χ3n) is 3.75. The highest BCUT2D eigenvalue weighted by Gasteiger charge is 2.14. The van der Waals surface area contributed by atoms with E-state index in [-0.39, 0.29) is 6.03 Å². The first-order valence-electron chi connectivity index (χ1n) is 7.25. The van der Waals surface area contributed by atoms with Crippen LogP contribution in [0.2, 0.25) is 0 Å². The maximum atomic E-state index is 11.6. The Labute approximate surface area is 115 Å². The lowest BCUT2D eigenvalue weighted by atomic mass is 10.0. The number of carbonyl (C=O) groups excluding carboxylic acids is 1. The highest BCUT2D eigenvalue weighted by atomic mass is 16.2. The van der Waals surface area contributed by atoms with Gasteiger partial charge in [0.15, 0.2) is 0 Å². The average molecular weight is 261 g/mol. The molecule has 1 heterocycles. The summed E-state index contributed by atoms with van der Waals surface area (Å²) in [5, 5.41) is 5.76. The van der Waals surface area contributed by atoms with Crippen LogP contribution in [0.1, 0.15) is 44.1 Å². The first-order valence-corrected chi connectivity index (χ1v) is 7.25. The van der Waals surface area contributed by atoms with Crippen molar-refractivity contribution in [2.75, 3.05) is 6.54 Å². The average Bonchev–Trinajstić information content (AvgIpc) is 2.96. The SMILES string of the molecule is O=C(NCCCC1CCCC1)NCc1ccncc1. The topological polar surface area (TPSA) is 54.0 Å². The lowest BCUT2D eigenvalue weighted by molar-refractivity contribution is 0.240. The molecule has 0 radical (unpaired) electrons. The summed E-state index contributed by atoms with van der Waals surface area (Å²) in [6.45, 7) is 1.33. The molecule has 104 valence electrons. The molecule has 0 bridgehead atoms. The molecule has 19 heavy (non-hydrogen) atoms. The summed E-state index contributed by atoms with van der Waals surface area (Å²) in [5.74, 6) is 0.904. The van der Waals surface area contributed by atoms with Crippen molar-refractivity contribution >= 4 is 6.03 Å². The van der Waals surface area contributed by atoms with Crippen LogP contribution in [0.5, 0.6) is 0 Å². The van der Waals surface area contributed by atoms with Gasteiger partial charge in [0.05, 0.1) is 0 Å². The Morgan fingerprint density at radius 3 is 2.68 bits per heavy atom. The van der Waals surface area contributed by atoms with Gasteiger partial charge in [-0.05, 0) is 36.5 Å². The van der Waals surface area contributed by atoms with E-state index in [2.05, 4.69) is 15.6 Å². The van der Waals surface area contributed by atoms with Crippen molar-refractivity contribution in [2.45, 2.75) is 45.1 Å². The summed E-state index contributed by atoms with van der Waals surface area (Å²) in [6.07, 6.45) is 11.4. The van der Waals surface area contributed by atoms with Crippen LogP contribution < -0.4 is 10.6 Å². The summed E-state index contributed by atoms with van der Waals surface area (Å²) in [6, 6.07) is 3.73. The minimum Gasteiger partial charge on any atom is -0.338 e. The molecule has 0 aromatic carbocycles. The van der Waals surface area contributed by atoms with E-state index >= 15 is 0 Å². The Kier molecular flexibility index (Phi) is 5.66. The summed E-state index contributed by atoms with van der Waals surface area (Å²) in [4.78, 5) is 15.5. The lowest BCUT2D eigenvalue weighted by Gasteiger charge is -2.10. The van der Waals surface area contributed by atoms with E-state index < -0.39 is 0 Å². The minimum atomic E-state index is -0.0803. The van der Waals surface area contributed by atoms with Crippen LogP contribution >= 0.6 is 0 Å². The van der Waals surface area contributed by atoms with E-state index in [1.807, 2.05) is 12.1 Å². The second-order valence-electron chi connectivity index (χ2n) is 5.26. The molecule has 0 spiro atoms. The van der Waals surface area contributed by atoms with E-state index in [9.17, 15) is 4.79 Å². The number of nitrogens with one attached hydrogen (secondary N) is 2. The van der Waals surface area contributed by atoms with Gasteiger partial charge in [-0.15, -0.1) is 0 Å². The molecule has 4 heteroatoms. The Balaban J connectivity index is 1.52. The van der Waals surface area contributed by atoms with Gasteiger partial charge in [0, 0.05) is 25.5 Å². The first kappa shape index (κ1) is 13.8. The van der Waals surface area contributed by atoms with Crippen LogP contribution in [0.25, 0.3) is 0 Å². The van der Waals surface area contributed by atoms with Crippen molar-refractivity contribution < 1.29 is 4.79 Å². The quantitative estimate of drug-likeness (QED) is 0.774. The van der Waals surface area contributed by atoms with Crippen molar-refractivity contribution in [2.24, 2.45) is 5.92 Å². The van der Waals surface area contributed by atoms with Crippen LogP contribution in [0.3, 0.4) is 0 Å². The van der Waals surface area contributed by atoms with Gasteiger partial charge in [-0.3, -0.25) is 4.98 Å². The molecule has 2 N–H and O–H groups in total. The fourth-order valence-electron chi connectivity index (χ4n) is 2.64. The highest BCUT2D eigenvalue weighted by molar-refractivity contribution is 5.73. The van der Waals surface area contributed by atoms with Crippen molar-refractivity contribution in [3.8, 4) is 0 Å². The molecule has 2 amide bonds. The van der Waals surface area contributed by atoms with Gasteiger partial charge in [0.1, 0.15) is 0 Å². The maximum absolute atomic E-state index is 11.6. The number of hydrogen-bond acceptors (Lipinski definition) is 2. The molecule has 1 fully saturated rings. The van der Waals surface area contributed by atoms with Gasteiger partial charge in [0.2, 0.25) is 0 Å². The van der Waals surface area contributed by atoms with Gasteiger partial charge in [-0.2, -0.15) is 0 Å². The van der Waals surface area contributed by atoms with Gasteiger partial charge >= 0.3 is 6.03 Å². The lowest BCUT2D eigenvalue weighted by Crippen LogP contribution is -2.35. The zero-order chi connectivity index (χ0) is 13.3. The molecule has 0 saturated heterocycles. The predicted molar refractivity (Wildman–Crippen MR) is 75.7 cm³/mol. The van der Waals surface area contributed by atoms with Crippen molar-refractivity contribution in [3.05, 3.63) is 30.1 Å². The second kappa shape index (κ2) is 7.77. The van der Waals surface area contributed by atoms with E-state index in [4.69, 9.17) is 0 Å². The number of hydrogen-bond donors (Lipinski definition) is 2. The zero-order valence-electron chi connectivity index (χ0n) is 11.4. The molecule has 1 aromatic rings. The fraction of sp³-hybridized carbons (Fsp3) is 0.600. The number of amides is 2.